The summed E-state index contributed by atoms with van der Waals surface area (Å²) in [4.78, 5) is 9.14. The van der Waals surface area contributed by atoms with Crippen molar-refractivity contribution in [2.75, 3.05) is 12.8 Å². The van der Waals surface area contributed by atoms with E-state index in [2.05, 4.69) is 48.3 Å². The lowest BCUT2D eigenvalue weighted by molar-refractivity contribution is 0.185. The first kappa shape index (κ1) is 16.2. The number of hydrogen-bond donors (Lipinski definition) is 1. The van der Waals surface area contributed by atoms with Gasteiger partial charge in [-0.1, -0.05) is 45.0 Å². The molecular weight excluding hydrogens is 377 g/mol. The Kier molecular flexibility index (Phi) is 4.83. The molecule has 0 spiro atoms. The van der Waals surface area contributed by atoms with Crippen LogP contribution in [0.25, 0.3) is 11.4 Å². The second kappa shape index (κ2) is 6.27. The third-order valence-corrected chi connectivity index (χ3v) is 4.17. The lowest BCUT2D eigenvalue weighted by atomic mass is 9.91. The number of nitrogens with two attached hydrogens (primary N) is 1. The van der Waals surface area contributed by atoms with Gasteiger partial charge in [-0.3, -0.25) is 0 Å². The molecule has 0 saturated heterocycles. The molecule has 112 valence electrons. The number of anilines is 1. The fourth-order valence-electron chi connectivity index (χ4n) is 2.01. The molecule has 0 aliphatic rings. The number of hydrogen-bond acceptors (Lipinski definition) is 4. The molecule has 0 unspecified atom stereocenters. The van der Waals surface area contributed by atoms with Gasteiger partial charge in [0.2, 0.25) is 0 Å². The van der Waals surface area contributed by atoms with Crippen molar-refractivity contribution in [3.8, 4) is 11.4 Å². The van der Waals surface area contributed by atoms with E-state index >= 15 is 0 Å². The van der Waals surface area contributed by atoms with Crippen molar-refractivity contribution in [3.05, 3.63) is 39.1 Å². The highest BCUT2D eigenvalue weighted by molar-refractivity contribution is 14.1. The molecule has 1 heterocycles. The van der Waals surface area contributed by atoms with E-state index in [-0.39, 0.29) is 5.41 Å². The molecule has 0 bridgehead atoms. The van der Waals surface area contributed by atoms with Gasteiger partial charge in [0.15, 0.2) is 5.82 Å². The number of methoxy groups -OCH3 is 1. The highest BCUT2D eigenvalue weighted by atomic mass is 127. The number of ether oxygens (including phenoxy) is 1. The Morgan fingerprint density at radius 2 is 1.76 bits per heavy atom. The van der Waals surface area contributed by atoms with E-state index in [1.165, 1.54) is 0 Å². The third kappa shape index (κ3) is 3.71. The Morgan fingerprint density at radius 1 is 1.14 bits per heavy atom. The van der Waals surface area contributed by atoms with E-state index < -0.39 is 0 Å². The maximum absolute atomic E-state index is 6.05. The molecule has 2 aromatic rings. The summed E-state index contributed by atoms with van der Waals surface area (Å²) < 4.78 is 6.05. The van der Waals surface area contributed by atoms with Crippen molar-refractivity contribution < 1.29 is 4.74 Å². The Balaban J connectivity index is 2.47. The summed E-state index contributed by atoms with van der Waals surface area (Å²) in [5, 5.41) is 0. The van der Waals surface area contributed by atoms with E-state index in [0.29, 0.717) is 18.2 Å². The van der Waals surface area contributed by atoms with Gasteiger partial charge in [0, 0.05) is 18.1 Å². The molecule has 0 radical (unpaired) electrons. The van der Waals surface area contributed by atoms with Crippen LogP contribution in [0.4, 0.5) is 5.82 Å². The van der Waals surface area contributed by atoms with Gasteiger partial charge in [-0.2, -0.15) is 0 Å². The summed E-state index contributed by atoms with van der Waals surface area (Å²) in [6.45, 7) is 6.98. The highest BCUT2D eigenvalue weighted by Crippen LogP contribution is 2.30. The number of aromatic nitrogens is 2. The van der Waals surface area contributed by atoms with Crippen LogP contribution in [0, 0.1) is 3.57 Å². The first-order valence-corrected chi connectivity index (χ1v) is 7.82. The van der Waals surface area contributed by atoms with Gasteiger partial charge < -0.3 is 10.5 Å². The summed E-state index contributed by atoms with van der Waals surface area (Å²) in [7, 11) is 1.69. The third-order valence-electron chi connectivity index (χ3n) is 3.11. The second-order valence-electron chi connectivity index (χ2n) is 5.97. The van der Waals surface area contributed by atoms with Gasteiger partial charge in [-0.25, -0.2) is 9.97 Å². The molecule has 0 saturated carbocycles. The number of rotatable bonds is 3. The molecule has 0 amide bonds. The van der Waals surface area contributed by atoms with E-state index in [1.54, 1.807) is 7.11 Å². The van der Waals surface area contributed by atoms with Gasteiger partial charge >= 0.3 is 0 Å². The SMILES string of the molecule is COCc1ccc(-c2nc(N)c(I)c(C(C)(C)C)n2)cc1. The standard InChI is InChI=1S/C16H20IN3O/c1-16(2,3)13-12(17)14(18)20-15(19-13)11-7-5-10(6-8-11)9-21-4/h5-8H,9H2,1-4H3,(H2,18,19,20). The van der Waals surface area contributed by atoms with Gasteiger partial charge in [-0.05, 0) is 28.2 Å². The summed E-state index contributed by atoms with van der Waals surface area (Å²) in [5.74, 6) is 1.20. The minimum atomic E-state index is -0.0711. The zero-order valence-corrected chi connectivity index (χ0v) is 14.9. The molecular formula is C16H20IN3O. The Morgan fingerprint density at radius 3 is 2.29 bits per heavy atom. The average Bonchev–Trinajstić information content (AvgIpc) is 2.41. The Hall–Kier alpha value is -1.21. The Labute approximate surface area is 139 Å². The fraction of sp³-hybridized carbons (Fsp3) is 0.375. The van der Waals surface area contributed by atoms with Crippen molar-refractivity contribution in [2.45, 2.75) is 32.8 Å². The van der Waals surface area contributed by atoms with E-state index in [4.69, 9.17) is 15.5 Å². The summed E-state index contributed by atoms with van der Waals surface area (Å²) in [6, 6.07) is 8.05. The monoisotopic (exact) mass is 397 g/mol. The van der Waals surface area contributed by atoms with Crippen LogP contribution in [0.15, 0.2) is 24.3 Å². The second-order valence-corrected chi connectivity index (χ2v) is 7.05. The van der Waals surface area contributed by atoms with E-state index in [0.717, 1.165) is 20.4 Å². The van der Waals surface area contributed by atoms with Crippen molar-refractivity contribution >= 4 is 28.4 Å². The van der Waals surface area contributed by atoms with Gasteiger partial charge in [0.25, 0.3) is 0 Å². The molecule has 2 rings (SSSR count). The largest absolute Gasteiger partial charge is 0.383 e. The quantitative estimate of drug-likeness (QED) is 0.801. The Bertz CT molecular complexity index is 633. The molecule has 0 fully saturated rings. The molecule has 4 nitrogen and oxygen atoms in total. The molecule has 1 aromatic heterocycles. The minimum absolute atomic E-state index is 0.0711. The fourth-order valence-corrected chi connectivity index (χ4v) is 3.06. The number of nitrogen functional groups attached to an aromatic ring is 1. The van der Waals surface area contributed by atoms with Crippen molar-refractivity contribution in [3.63, 3.8) is 0 Å². The number of halogens is 1. The molecule has 0 aliphatic heterocycles. The van der Waals surface area contributed by atoms with Crippen molar-refractivity contribution in [1.82, 2.24) is 9.97 Å². The molecule has 1 aromatic carbocycles. The lowest BCUT2D eigenvalue weighted by Crippen LogP contribution is -2.18. The van der Waals surface area contributed by atoms with E-state index in [1.807, 2.05) is 24.3 Å². The molecule has 21 heavy (non-hydrogen) atoms. The predicted molar refractivity (Wildman–Crippen MR) is 94.0 cm³/mol. The molecule has 0 atom stereocenters. The summed E-state index contributed by atoms with van der Waals surface area (Å²) >= 11 is 2.22. The zero-order valence-electron chi connectivity index (χ0n) is 12.8. The van der Waals surface area contributed by atoms with Crippen molar-refractivity contribution in [2.24, 2.45) is 0 Å². The first-order valence-electron chi connectivity index (χ1n) is 6.74. The van der Waals surface area contributed by atoms with E-state index in [9.17, 15) is 0 Å². The van der Waals surface area contributed by atoms with Gasteiger partial charge in [0.05, 0.1) is 15.9 Å². The zero-order chi connectivity index (χ0) is 15.6. The highest BCUT2D eigenvalue weighted by Gasteiger charge is 2.22. The summed E-state index contributed by atoms with van der Waals surface area (Å²) in [5.41, 5.74) is 9.04. The van der Waals surface area contributed by atoms with Crippen LogP contribution in [0.3, 0.4) is 0 Å². The topological polar surface area (TPSA) is 61.0 Å². The smallest absolute Gasteiger partial charge is 0.161 e. The van der Waals surface area contributed by atoms with Crippen LogP contribution in [0.2, 0.25) is 0 Å². The van der Waals surface area contributed by atoms with Crippen LogP contribution in [-0.4, -0.2) is 17.1 Å². The van der Waals surface area contributed by atoms with Gasteiger partial charge in [-0.15, -0.1) is 0 Å². The van der Waals surface area contributed by atoms with Crippen LogP contribution in [0.1, 0.15) is 32.0 Å². The van der Waals surface area contributed by atoms with Crippen LogP contribution in [0.5, 0.6) is 0 Å². The molecule has 2 N–H and O–H groups in total. The predicted octanol–water partition coefficient (Wildman–Crippen LogP) is 3.77. The lowest BCUT2D eigenvalue weighted by Gasteiger charge is -2.21. The van der Waals surface area contributed by atoms with Crippen LogP contribution in [-0.2, 0) is 16.8 Å². The average molecular weight is 397 g/mol. The number of nitrogens with zero attached hydrogens (tertiary/aromatic N) is 2. The minimum Gasteiger partial charge on any atom is -0.383 e. The number of benzene rings is 1. The summed E-state index contributed by atoms with van der Waals surface area (Å²) in [6.07, 6.45) is 0. The van der Waals surface area contributed by atoms with Crippen LogP contribution >= 0.6 is 22.6 Å². The maximum atomic E-state index is 6.05. The molecule has 0 aliphatic carbocycles. The van der Waals surface area contributed by atoms with Gasteiger partial charge in [0.1, 0.15) is 5.82 Å². The van der Waals surface area contributed by atoms with Crippen molar-refractivity contribution in [1.29, 1.82) is 0 Å². The maximum Gasteiger partial charge on any atom is 0.161 e. The first-order chi connectivity index (χ1) is 9.82. The normalized spacial score (nSPS) is 11.7. The van der Waals surface area contributed by atoms with Crippen LogP contribution < -0.4 is 5.73 Å². The molecule has 5 heteroatoms.